The Kier molecular flexibility index (Phi) is 3.33. The number of carbonyl (C=O) groups is 1. The predicted molar refractivity (Wildman–Crippen MR) is 73.9 cm³/mol. The molecule has 0 amide bonds. The van der Waals surface area contributed by atoms with E-state index in [4.69, 9.17) is 10.4 Å². The maximum Gasteiger partial charge on any atom is 0.356 e. The van der Waals surface area contributed by atoms with Crippen LogP contribution in [0.1, 0.15) is 42.5 Å². The maximum atomic E-state index is 11.1. The summed E-state index contributed by atoms with van der Waals surface area (Å²) in [6.07, 6.45) is 0. The van der Waals surface area contributed by atoms with E-state index in [-0.39, 0.29) is 11.1 Å². The van der Waals surface area contributed by atoms with Crippen molar-refractivity contribution in [1.82, 2.24) is 9.78 Å². The Labute approximate surface area is 117 Å². The van der Waals surface area contributed by atoms with Gasteiger partial charge in [-0.1, -0.05) is 26.8 Å². The van der Waals surface area contributed by atoms with Gasteiger partial charge < -0.3 is 5.11 Å². The average molecular weight is 269 g/mol. The second-order valence-electron chi connectivity index (χ2n) is 5.54. The average Bonchev–Trinajstić information content (AvgIpc) is 2.84. The van der Waals surface area contributed by atoms with Crippen molar-refractivity contribution < 1.29 is 9.90 Å². The number of nitriles is 1. The van der Waals surface area contributed by atoms with Crippen LogP contribution >= 0.6 is 0 Å². The van der Waals surface area contributed by atoms with Crippen molar-refractivity contribution in [1.29, 1.82) is 5.26 Å². The molecule has 0 unspecified atom stereocenters. The molecule has 0 atom stereocenters. The molecule has 0 aliphatic rings. The minimum atomic E-state index is -1.06. The third-order valence-corrected chi connectivity index (χ3v) is 2.92. The number of carboxylic acid groups (broad SMARTS) is 1. The van der Waals surface area contributed by atoms with Crippen LogP contribution in [0.2, 0.25) is 0 Å². The summed E-state index contributed by atoms with van der Waals surface area (Å²) in [5.41, 5.74) is 1.71. The predicted octanol–water partition coefficient (Wildman–Crippen LogP) is 2.74. The lowest BCUT2D eigenvalue weighted by atomic mass is 9.91. The van der Waals surface area contributed by atoms with Gasteiger partial charge in [-0.05, 0) is 24.3 Å². The van der Waals surface area contributed by atoms with Crippen LogP contribution in [0.4, 0.5) is 0 Å². The molecule has 2 aromatic rings. The molecule has 20 heavy (non-hydrogen) atoms. The highest BCUT2D eigenvalue weighted by Crippen LogP contribution is 2.26. The molecular formula is C15H15N3O2. The summed E-state index contributed by atoms with van der Waals surface area (Å²) in [5, 5.41) is 22.2. The SMILES string of the molecule is CC(C)(C)c1cc(C(=O)O)nn1-c1cccc(C#N)c1. The molecule has 0 fully saturated rings. The van der Waals surface area contributed by atoms with Crippen molar-refractivity contribution in [3.63, 3.8) is 0 Å². The molecular weight excluding hydrogens is 254 g/mol. The van der Waals surface area contributed by atoms with E-state index in [1.165, 1.54) is 0 Å². The Bertz CT molecular complexity index is 703. The number of carboxylic acids is 1. The number of nitrogens with zero attached hydrogens (tertiary/aromatic N) is 3. The third-order valence-electron chi connectivity index (χ3n) is 2.92. The van der Waals surface area contributed by atoms with Crippen molar-refractivity contribution in [3.8, 4) is 11.8 Å². The summed E-state index contributed by atoms with van der Waals surface area (Å²) in [6, 6.07) is 10.6. The number of hydrogen-bond donors (Lipinski definition) is 1. The van der Waals surface area contributed by atoms with Crippen LogP contribution < -0.4 is 0 Å². The zero-order chi connectivity index (χ0) is 14.9. The number of aromatic carboxylic acids is 1. The van der Waals surface area contributed by atoms with Gasteiger partial charge in [0.05, 0.1) is 23.0 Å². The first-order valence-electron chi connectivity index (χ1n) is 6.17. The molecule has 2 rings (SSSR count). The van der Waals surface area contributed by atoms with Crippen molar-refractivity contribution in [2.45, 2.75) is 26.2 Å². The first-order chi connectivity index (χ1) is 9.32. The molecule has 1 heterocycles. The molecule has 0 aliphatic heterocycles. The first-order valence-corrected chi connectivity index (χ1v) is 6.17. The van der Waals surface area contributed by atoms with Crippen molar-refractivity contribution in [2.75, 3.05) is 0 Å². The summed E-state index contributed by atoms with van der Waals surface area (Å²) >= 11 is 0. The number of hydrogen-bond acceptors (Lipinski definition) is 3. The van der Waals surface area contributed by atoms with Gasteiger partial charge in [0.1, 0.15) is 0 Å². The largest absolute Gasteiger partial charge is 0.476 e. The molecule has 102 valence electrons. The smallest absolute Gasteiger partial charge is 0.356 e. The molecule has 5 nitrogen and oxygen atoms in total. The van der Waals surface area contributed by atoms with Gasteiger partial charge in [-0.15, -0.1) is 0 Å². The van der Waals surface area contributed by atoms with Gasteiger partial charge in [0.2, 0.25) is 0 Å². The third kappa shape index (κ3) is 2.54. The fourth-order valence-electron chi connectivity index (χ4n) is 1.92. The highest BCUT2D eigenvalue weighted by molar-refractivity contribution is 5.85. The highest BCUT2D eigenvalue weighted by Gasteiger charge is 2.24. The maximum absolute atomic E-state index is 11.1. The zero-order valence-electron chi connectivity index (χ0n) is 11.6. The van der Waals surface area contributed by atoms with Crippen LogP contribution in [0.15, 0.2) is 30.3 Å². The topological polar surface area (TPSA) is 78.9 Å². The van der Waals surface area contributed by atoms with Gasteiger partial charge in [0, 0.05) is 5.41 Å². The van der Waals surface area contributed by atoms with Gasteiger partial charge >= 0.3 is 5.97 Å². The quantitative estimate of drug-likeness (QED) is 0.909. The summed E-state index contributed by atoms with van der Waals surface area (Å²) < 4.78 is 1.59. The molecule has 0 saturated heterocycles. The van der Waals surface area contributed by atoms with Gasteiger partial charge in [0.25, 0.3) is 0 Å². The fraction of sp³-hybridized carbons (Fsp3) is 0.267. The highest BCUT2D eigenvalue weighted by atomic mass is 16.4. The summed E-state index contributed by atoms with van der Waals surface area (Å²) in [4.78, 5) is 11.1. The van der Waals surface area contributed by atoms with Gasteiger partial charge in [0.15, 0.2) is 5.69 Å². The van der Waals surface area contributed by atoms with E-state index < -0.39 is 5.97 Å². The van der Waals surface area contributed by atoms with Crippen molar-refractivity contribution in [2.24, 2.45) is 0 Å². The van der Waals surface area contributed by atoms with Crippen LogP contribution in [-0.2, 0) is 5.41 Å². The van der Waals surface area contributed by atoms with E-state index in [0.29, 0.717) is 11.3 Å². The second kappa shape index (κ2) is 4.82. The van der Waals surface area contributed by atoms with E-state index in [1.807, 2.05) is 20.8 Å². The van der Waals surface area contributed by atoms with Gasteiger partial charge in [-0.3, -0.25) is 0 Å². The van der Waals surface area contributed by atoms with Crippen molar-refractivity contribution >= 4 is 5.97 Å². The van der Waals surface area contributed by atoms with Crippen LogP contribution in [-0.4, -0.2) is 20.9 Å². The standard InChI is InChI=1S/C15H15N3O2/c1-15(2,3)13-8-12(14(19)20)17-18(13)11-6-4-5-10(7-11)9-16/h4-8H,1-3H3,(H,19,20). The Balaban J connectivity index is 2.66. The summed E-state index contributed by atoms with van der Waals surface area (Å²) in [6.45, 7) is 5.96. The number of benzene rings is 1. The number of aromatic nitrogens is 2. The Morgan fingerprint density at radius 3 is 2.60 bits per heavy atom. The molecule has 0 bridgehead atoms. The Morgan fingerprint density at radius 1 is 1.35 bits per heavy atom. The fourth-order valence-corrected chi connectivity index (χ4v) is 1.92. The molecule has 5 heteroatoms. The van der Waals surface area contributed by atoms with E-state index in [0.717, 1.165) is 5.69 Å². The minimum absolute atomic E-state index is 0.00251. The van der Waals surface area contributed by atoms with Gasteiger partial charge in [-0.2, -0.15) is 10.4 Å². The zero-order valence-corrected chi connectivity index (χ0v) is 11.6. The second-order valence-corrected chi connectivity index (χ2v) is 5.54. The molecule has 1 aromatic carbocycles. The van der Waals surface area contributed by atoms with E-state index in [2.05, 4.69) is 11.2 Å². The van der Waals surface area contributed by atoms with Crippen LogP contribution in [0.3, 0.4) is 0 Å². The van der Waals surface area contributed by atoms with Crippen LogP contribution in [0.5, 0.6) is 0 Å². The molecule has 0 saturated carbocycles. The molecule has 1 N–H and O–H groups in total. The monoisotopic (exact) mass is 269 g/mol. The normalized spacial score (nSPS) is 11.1. The lowest BCUT2D eigenvalue weighted by Crippen LogP contribution is -2.17. The van der Waals surface area contributed by atoms with E-state index in [9.17, 15) is 4.79 Å². The Hall–Kier alpha value is -2.61. The summed E-state index contributed by atoms with van der Waals surface area (Å²) in [7, 11) is 0. The molecule has 0 radical (unpaired) electrons. The van der Waals surface area contributed by atoms with E-state index in [1.54, 1.807) is 35.0 Å². The molecule has 0 spiro atoms. The minimum Gasteiger partial charge on any atom is -0.476 e. The Morgan fingerprint density at radius 2 is 2.05 bits per heavy atom. The van der Waals surface area contributed by atoms with Crippen LogP contribution in [0, 0.1) is 11.3 Å². The first kappa shape index (κ1) is 13.8. The van der Waals surface area contributed by atoms with E-state index >= 15 is 0 Å². The van der Waals surface area contributed by atoms with Crippen LogP contribution in [0.25, 0.3) is 5.69 Å². The van der Waals surface area contributed by atoms with Crippen molar-refractivity contribution in [3.05, 3.63) is 47.3 Å². The molecule has 0 aliphatic carbocycles. The lowest BCUT2D eigenvalue weighted by Gasteiger charge is -2.20. The lowest BCUT2D eigenvalue weighted by molar-refractivity contribution is 0.0690. The van der Waals surface area contributed by atoms with Gasteiger partial charge in [-0.25, -0.2) is 9.48 Å². The summed E-state index contributed by atoms with van der Waals surface area (Å²) in [5.74, 6) is -1.06. The number of rotatable bonds is 2. The molecule has 1 aromatic heterocycles.